The molecule has 0 spiro atoms. The molecule has 2 aromatic carbocycles. The van der Waals surface area contributed by atoms with Gasteiger partial charge in [-0.05, 0) is 72.0 Å². The van der Waals surface area contributed by atoms with Crippen LogP contribution in [0, 0.1) is 3.57 Å². The Balaban J connectivity index is 1.86. The molecule has 4 heteroatoms. The minimum Gasteiger partial charge on any atom is -0.459 e. The molecule has 0 amide bonds. The van der Waals surface area contributed by atoms with E-state index in [4.69, 9.17) is 4.42 Å². The molecule has 1 heterocycles. The normalized spacial score (nSPS) is 12.6. The summed E-state index contributed by atoms with van der Waals surface area (Å²) in [7, 11) is 0. The third kappa shape index (κ3) is 3.01. The Morgan fingerprint density at radius 1 is 1.15 bits per heavy atom. The van der Waals surface area contributed by atoms with Crippen LogP contribution < -0.4 is 5.32 Å². The van der Waals surface area contributed by atoms with Crippen LogP contribution >= 0.6 is 38.5 Å². The first-order valence-electron chi connectivity index (χ1n) is 6.33. The Labute approximate surface area is 139 Å². The molecule has 0 radical (unpaired) electrons. The zero-order chi connectivity index (χ0) is 14.1. The van der Waals surface area contributed by atoms with Crippen LogP contribution in [0.3, 0.4) is 0 Å². The van der Waals surface area contributed by atoms with Crippen molar-refractivity contribution >= 4 is 55.2 Å². The third-order valence-electron chi connectivity index (χ3n) is 3.13. The van der Waals surface area contributed by atoms with E-state index < -0.39 is 0 Å². The Morgan fingerprint density at radius 3 is 2.80 bits per heavy atom. The van der Waals surface area contributed by atoms with Gasteiger partial charge < -0.3 is 9.73 Å². The largest absolute Gasteiger partial charge is 0.459 e. The molecular weight excluding hydrogens is 429 g/mol. The molecule has 1 N–H and O–H groups in total. The zero-order valence-corrected chi connectivity index (χ0v) is 14.6. The van der Waals surface area contributed by atoms with Crippen molar-refractivity contribution in [3.05, 3.63) is 62.3 Å². The lowest BCUT2D eigenvalue weighted by molar-refractivity contribution is 0.526. The summed E-state index contributed by atoms with van der Waals surface area (Å²) in [6, 6.07) is 16.6. The van der Waals surface area contributed by atoms with Gasteiger partial charge in [-0.3, -0.25) is 0 Å². The summed E-state index contributed by atoms with van der Waals surface area (Å²) in [5.41, 5.74) is 2.02. The first-order chi connectivity index (χ1) is 9.61. The van der Waals surface area contributed by atoms with Gasteiger partial charge in [-0.15, -0.1) is 0 Å². The van der Waals surface area contributed by atoms with Gasteiger partial charge in [0.05, 0.1) is 6.04 Å². The van der Waals surface area contributed by atoms with E-state index in [1.165, 1.54) is 3.57 Å². The van der Waals surface area contributed by atoms with Gasteiger partial charge in [0, 0.05) is 19.1 Å². The lowest BCUT2D eigenvalue weighted by Crippen LogP contribution is -2.05. The number of halogens is 2. The first kappa shape index (κ1) is 13.9. The SMILES string of the molecule is CC(Nc1cccc(I)c1)c1cc2cc(Br)ccc2o1. The van der Waals surface area contributed by atoms with Crippen LogP contribution in [0.15, 0.2) is 57.4 Å². The summed E-state index contributed by atoms with van der Waals surface area (Å²) in [6.07, 6.45) is 0. The minimum absolute atomic E-state index is 0.124. The van der Waals surface area contributed by atoms with E-state index in [0.717, 1.165) is 26.9 Å². The van der Waals surface area contributed by atoms with Crippen LogP contribution in [0.1, 0.15) is 18.7 Å². The zero-order valence-electron chi connectivity index (χ0n) is 10.9. The van der Waals surface area contributed by atoms with E-state index in [1.807, 2.05) is 18.2 Å². The van der Waals surface area contributed by atoms with Crippen LogP contribution in [-0.4, -0.2) is 0 Å². The summed E-state index contributed by atoms with van der Waals surface area (Å²) in [4.78, 5) is 0. The molecule has 0 saturated heterocycles. The highest BCUT2D eigenvalue weighted by Gasteiger charge is 2.11. The van der Waals surface area contributed by atoms with Gasteiger partial charge in [-0.25, -0.2) is 0 Å². The van der Waals surface area contributed by atoms with E-state index in [0.29, 0.717) is 0 Å². The molecule has 1 atom stereocenters. The average molecular weight is 442 g/mol. The van der Waals surface area contributed by atoms with Gasteiger partial charge in [0.25, 0.3) is 0 Å². The minimum atomic E-state index is 0.124. The average Bonchev–Trinajstić information content (AvgIpc) is 2.81. The summed E-state index contributed by atoms with van der Waals surface area (Å²) >= 11 is 5.80. The van der Waals surface area contributed by atoms with E-state index in [9.17, 15) is 0 Å². The fourth-order valence-electron chi connectivity index (χ4n) is 2.15. The molecule has 1 aromatic heterocycles. The fourth-order valence-corrected chi connectivity index (χ4v) is 3.07. The summed E-state index contributed by atoms with van der Waals surface area (Å²) in [5, 5.41) is 4.58. The number of hydrogen-bond donors (Lipinski definition) is 1. The molecule has 2 nitrogen and oxygen atoms in total. The molecule has 3 rings (SSSR count). The van der Waals surface area contributed by atoms with Gasteiger partial charge >= 0.3 is 0 Å². The van der Waals surface area contributed by atoms with Crippen molar-refractivity contribution in [1.29, 1.82) is 0 Å². The van der Waals surface area contributed by atoms with Crippen molar-refractivity contribution in [2.24, 2.45) is 0 Å². The van der Waals surface area contributed by atoms with Crippen molar-refractivity contribution in [2.45, 2.75) is 13.0 Å². The molecule has 0 aliphatic heterocycles. The Kier molecular flexibility index (Phi) is 4.03. The smallest absolute Gasteiger partial charge is 0.134 e. The summed E-state index contributed by atoms with van der Waals surface area (Å²) in [5.74, 6) is 0.942. The van der Waals surface area contributed by atoms with Crippen LogP contribution in [0.4, 0.5) is 5.69 Å². The highest BCUT2D eigenvalue weighted by Crippen LogP contribution is 2.28. The quantitative estimate of drug-likeness (QED) is 0.506. The number of nitrogens with one attached hydrogen (secondary N) is 1. The fraction of sp³-hybridized carbons (Fsp3) is 0.125. The number of rotatable bonds is 3. The van der Waals surface area contributed by atoms with Gasteiger partial charge in [-0.1, -0.05) is 22.0 Å². The molecule has 0 bridgehead atoms. The van der Waals surface area contributed by atoms with Crippen molar-refractivity contribution in [2.75, 3.05) is 5.32 Å². The number of anilines is 1. The van der Waals surface area contributed by atoms with Crippen LogP contribution in [0.25, 0.3) is 11.0 Å². The molecule has 0 aliphatic carbocycles. The number of benzene rings is 2. The Hall–Kier alpha value is -1.01. The van der Waals surface area contributed by atoms with Crippen LogP contribution in [0.5, 0.6) is 0 Å². The Bertz CT molecular complexity index is 753. The number of furan rings is 1. The molecule has 0 fully saturated rings. The maximum Gasteiger partial charge on any atom is 0.134 e. The second-order valence-electron chi connectivity index (χ2n) is 4.71. The van der Waals surface area contributed by atoms with Crippen LogP contribution in [-0.2, 0) is 0 Å². The maximum absolute atomic E-state index is 5.90. The van der Waals surface area contributed by atoms with Crippen LogP contribution in [0.2, 0.25) is 0 Å². The molecule has 20 heavy (non-hydrogen) atoms. The predicted octanol–water partition coefficient (Wildman–Crippen LogP) is 5.97. The Morgan fingerprint density at radius 2 is 2.00 bits per heavy atom. The summed E-state index contributed by atoms with van der Waals surface area (Å²) in [6.45, 7) is 2.10. The number of fused-ring (bicyclic) bond motifs is 1. The highest BCUT2D eigenvalue weighted by molar-refractivity contribution is 14.1. The first-order valence-corrected chi connectivity index (χ1v) is 8.20. The van der Waals surface area contributed by atoms with Crippen molar-refractivity contribution in [1.82, 2.24) is 0 Å². The molecule has 0 saturated carbocycles. The molecule has 102 valence electrons. The van der Waals surface area contributed by atoms with Gasteiger partial charge in [-0.2, -0.15) is 0 Å². The molecule has 0 aliphatic rings. The maximum atomic E-state index is 5.90. The lowest BCUT2D eigenvalue weighted by atomic mass is 10.2. The van der Waals surface area contributed by atoms with E-state index >= 15 is 0 Å². The second-order valence-corrected chi connectivity index (χ2v) is 6.87. The van der Waals surface area contributed by atoms with Gasteiger partial charge in [0.15, 0.2) is 0 Å². The van der Waals surface area contributed by atoms with Gasteiger partial charge in [0.1, 0.15) is 11.3 Å². The van der Waals surface area contributed by atoms with E-state index in [-0.39, 0.29) is 6.04 Å². The van der Waals surface area contributed by atoms with E-state index in [2.05, 4.69) is 81.1 Å². The van der Waals surface area contributed by atoms with E-state index in [1.54, 1.807) is 0 Å². The molecule has 3 aromatic rings. The standard InChI is InChI=1S/C16H13BrINO/c1-10(19-14-4-2-3-13(18)9-14)16-8-11-7-12(17)5-6-15(11)20-16/h2-10,19H,1H3. The lowest BCUT2D eigenvalue weighted by Gasteiger charge is -2.12. The topological polar surface area (TPSA) is 25.2 Å². The highest BCUT2D eigenvalue weighted by atomic mass is 127. The van der Waals surface area contributed by atoms with Crippen molar-refractivity contribution in [3.8, 4) is 0 Å². The molecule has 1 unspecified atom stereocenters. The number of hydrogen-bond acceptors (Lipinski definition) is 2. The molecular formula is C16H13BrINO. The summed E-state index contributed by atoms with van der Waals surface area (Å²) < 4.78 is 8.18. The van der Waals surface area contributed by atoms with Crippen molar-refractivity contribution < 1.29 is 4.42 Å². The van der Waals surface area contributed by atoms with Crippen molar-refractivity contribution in [3.63, 3.8) is 0 Å². The third-order valence-corrected chi connectivity index (χ3v) is 4.30. The monoisotopic (exact) mass is 441 g/mol. The second kappa shape index (κ2) is 5.77. The van der Waals surface area contributed by atoms with Gasteiger partial charge in [0.2, 0.25) is 0 Å². The predicted molar refractivity (Wildman–Crippen MR) is 95.1 cm³/mol.